The van der Waals surface area contributed by atoms with E-state index in [0.717, 1.165) is 0 Å². The Morgan fingerprint density at radius 2 is 2.05 bits per heavy atom. The van der Waals surface area contributed by atoms with E-state index in [9.17, 15) is 13.2 Å². The number of sulfone groups is 1. The van der Waals surface area contributed by atoms with E-state index in [2.05, 4.69) is 0 Å². The zero-order valence-corrected chi connectivity index (χ0v) is 11.8. The number of hydrogen-bond donors (Lipinski definition) is 1. The molecule has 0 aliphatic heterocycles. The minimum Gasteiger partial charge on any atom is -0.493 e. The maximum atomic E-state index is 11.6. The number of aliphatic carboxylic acids is 1. The molecule has 0 amide bonds. The van der Waals surface area contributed by atoms with Crippen molar-refractivity contribution in [1.29, 1.82) is 0 Å². The number of ether oxygens (including phenoxy) is 1. The van der Waals surface area contributed by atoms with Gasteiger partial charge in [0.15, 0.2) is 9.84 Å². The van der Waals surface area contributed by atoms with Crippen LogP contribution >= 0.6 is 0 Å². The van der Waals surface area contributed by atoms with Gasteiger partial charge in [0, 0.05) is 0 Å². The molecule has 19 heavy (non-hydrogen) atoms. The predicted octanol–water partition coefficient (Wildman–Crippen LogP) is 1.52. The number of hydrogen-bond acceptors (Lipinski definition) is 4. The minimum absolute atomic E-state index is 0.0478. The summed E-state index contributed by atoms with van der Waals surface area (Å²) in [6.07, 6.45) is -0.0819. The molecule has 1 aromatic carbocycles. The third kappa shape index (κ3) is 5.30. The Morgan fingerprint density at radius 3 is 2.63 bits per heavy atom. The Kier molecular flexibility index (Phi) is 5.35. The normalized spacial score (nSPS) is 11.5. The summed E-state index contributed by atoms with van der Waals surface area (Å²) in [4.78, 5) is 10.6. The largest absolute Gasteiger partial charge is 0.493 e. The third-order valence-corrected chi connectivity index (χ3v) is 4.78. The molecule has 0 saturated carbocycles. The van der Waals surface area contributed by atoms with Gasteiger partial charge in [-0.25, -0.2) is 8.42 Å². The number of benzene rings is 1. The van der Waals surface area contributed by atoms with Crippen LogP contribution in [0.5, 0.6) is 5.75 Å². The van der Waals surface area contributed by atoms with Crippen LogP contribution in [0.25, 0.3) is 0 Å². The van der Waals surface area contributed by atoms with Gasteiger partial charge in [-0.2, -0.15) is 0 Å². The van der Waals surface area contributed by atoms with E-state index >= 15 is 0 Å². The van der Waals surface area contributed by atoms with E-state index in [4.69, 9.17) is 9.84 Å². The molecule has 0 bridgehead atoms. The SMILES string of the molecule is CC(C)S(=O)(=O)CCOc1cccc(CC(=O)O)c1. The molecule has 0 saturated heterocycles. The number of carboxylic acid groups (broad SMARTS) is 1. The zero-order chi connectivity index (χ0) is 14.5. The maximum Gasteiger partial charge on any atom is 0.307 e. The van der Waals surface area contributed by atoms with E-state index < -0.39 is 21.1 Å². The van der Waals surface area contributed by atoms with Crippen molar-refractivity contribution in [2.75, 3.05) is 12.4 Å². The molecule has 0 radical (unpaired) electrons. The van der Waals surface area contributed by atoms with Crippen LogP contribution in [0.2, 0.25) is 0 Å². The maximum absolute atomic E-state index is 11.6. The average Bonchev–Trinajstić information content (AvgIpc) is 2.28. The fourth-order valence-electron chi connectivity index (χ4n) is 1.43. The Morgan fingerprint density at radius 1 is 1.37 bits per heavy atom. The molecular weight excluding hydrogens is 268 g/mol. The molecule has 1 N–H and O–H groups in total. The van der Waals surface area contributed by atoms with Crippen molar-refractivity contribution < 1.29 is 23.1 Å². The first-order valence-corrected chi connectivity index (χ1v) is 7.68. The molecule has 0 spiro atoms. The second-order valence-corrected chi connectivity index (χ2v) is 7.16. The second-order valence-electron chi connectivity index (χ2n) is 4.48. The van der Waals surface area contributed by atoms with Crippen molar-refractivity contribution in [3.05, 3.63) is 29.8 Å². The minimum atomic E-state index is -3.12. The van der Waals surface area contributed by atoms with Gasteiger partial charge in [0.05, 0.1) is 17.4 Å². The van der Waals surface area contributed by atoms with Gasteiger partial charge >= 0.3 is 5.97 Å². The van der Waals surface area contributed by atoms with Crippen LogP contribution in [-0.4, -0.2) is 37.1 Å². The van der Waals surface area contributed by atoms with Crippen LogP contribution in [0.1, 0.15) is 19.4 Å². The number of carboxylic acids is 1. The lowest BCUT2D eigenvalue weighted by molar-refractivity contribution is -0.136. The van der Waals surface area contributed by atoms with Gasteiger partial charge in [-0.15, -0.1) is 0 Å². The lowest BCUT2D eigenvalue weighted by Gasteiger charge is -2.10. The third-order valence-electron chi connectivity index (χ3n) is 2.61. The van der Waals surface area contributed by atoms with Crippen molar-refractivity contribution in [2.45, 2.75) is 25.5 Å². The van der Waals surface area contributed by atoms with Crippen LogP contribution in [0.3, 0.4) is 0 Å². The van der Waals surface area contributed by atoms with E-state index in [1.165, 1.54) is 0 Å². The average molecular weight is 286 g/mol. The van der Waals surface area contributed by atoms with E-state index in [1.807, 2.05) is 0 Å². The molecule has 5 nitrogen and oxygen atoms in total. The molecule has 0 aromatic heterocycles. The van der Waals surface area contributed by atoms with Crippen LogP contribution in [0.4, 0.5) is 0 Å². The van der Waals surface area contributed by atoms with Crippen LogP contribution in [-0.2, 0) is 21.1 Å². The van der Waals surface area contributed by atoms with E-state index in [0.29, 0.717) is 11.3 Å². The van der Waals surface area contributed by atoms with Crippen molar-refractivity contribution in [3.8, 4) is 5.75 Å². The van der Waals surface area contributed by atoms with Crippen molar-refractivity contribution in [1.82, 2.24) is 0 Å². The highest BCUT2D eigenvalue weighted by molar-refractivity contribution is 7.91. The Balaban J connectivity index is 2.57. The summed E-state index contributed by atoms with van der Waals surface area (Å²) in [5, 5.41) is 8.26. The van der Waals surface area contributed by atoms with Gasteiger partial charge in [0.1, 0.15) is 12.4 Å². The van der Waals surface area contributed by atoms with Gasteiger partial charge in [-0.05, 0) is 31.5 Å². The highest BCUT2D eigenvalue weighted by Crippen LogP contribution is 2.14. The molecular formula is C13H18O5S. The number of rotatable bonds is 7. The van der Waals surface area contributed by atoms with Gasteiger partial charge in [-0.3, -0.25) is 4.79 Å². The first-order valence-electron chi connectivity index (χ1n) is 5.96. The molecule has 1 rings (SSSR count). The molecule has 6 heteroatoms. The van der Waals surface area contributed by atoms with Gasteiger partial charge < -0.3 is 9.84 Å². The van der Waals surface area contributed by atoms with Crippen LogP contribution in [0.15, 0.2) is 24.3 Å². The Hall–Kier alpha value is -1.56. The zero-order valence-electron chi connectivity index (χ0n) is 11.0. The predicted molar refractivity (Wildman–Crippen MR) is 72.2 cm³/mol. The van der Waals surface area contributed by atoms with Crippen molar-refractivity contribution in [3.63, 3.8) is 0 Å². The summed E-state index contributed by atoms with van der Waals surface area (Å²) in [6.45, 7) is 3.32. The van der Waals surface area contributed by atoms with Crippen molar-refractivity contribution in [2.24, 2.45) is 0 Å². The highest BCUT2D eigenvalue weighted by Gasteiger charge is 2.15. The molecule has 0 atom stereocenters. The van der Waals surface area contributed by atoms with Crippen LogP contribution in [0, 0.1) is 0 Å². The standard InChI is InChI=1S/C13H18O5S/c1-10(2)19(16,17)7-6-18-12-5-3-4-11(8-12)9-13(14)15/h3-5,8,10H,6-7,9H2,1-2H3,(H,14,15). The van der Waals surface area contributed by atoms with Gasteiger partial charge in [0.2, 0.25) is 0 Å². The quantitative estimate of drug-likeness (QED) is 0.822. The fourth-order valence-corrected chi connectivity index (χ4v) is 2.22. The van der Waals surface area contributed by atoms with E-state index in [1.54, 1.807) is 38.1 Å². The second kappa shape index (κ2) is 6.56. The first kappa shape index (κ1) is 15.5. The monoisotopic (exact) mass is 286 g/mol. The summed E-state index contributed by atoms with van der Waals surface area (Å²) < 4.78 is 28.5. The van der Waals surface area contributed by atoms with Gasteiger partial charge in [0.25, 0.3) is 0 Å². The summed E-state index contributed by atoms with van der Waals surface area (Å²) in [5.74, 6) is -0.481. The summed E-state index contributed by atoms with van der Waals surface area (Å²) in [5.41, 5.74) is 0.622. The summed E-state index contributed by atoms with van der Waals surface area (Å²) in [6, 6.07) is 6.65. The molecule has 0 heterocycles. The molecule has 0 aliphatic rings. The molecule has 0 fully saturated rings. The van der Waals surface area contributed by atoms with Crippen LogP contribution < -0.4 is 4.74 Å². The Bertz CT molecular complexity index is 534. The topological polar surface area (TPSA) is 80.7 Å². The lowest BCUT2D eigenvalue weighted by Crippen LogP contribution is -2.22. The first-order chi connectivity index (χ1) is 8.81. The highest BCUT2D eigenvalue weighted by atomic mass is 32.2. The molecule has 0 unspecified atom stereocenters. The number of carbonyl (C=O) groups is 1. The van der Waals surface area contributed by atoms with Crippen molar-refractivity contribution >= 4 is 15.8 Å². The molecule has 1 aromatic rings. The lowest BCUT2D eigenvalue weighted by atomic mass is 10.1. The smallest absolute Gasteiger partial charge is 0.307 e. The van der Waals surface area contributed by atoms with E-state index in [-0.39, 0.29) is 18.8 Å². The summed E-state index contributed by atoms with van der Waals surface area (Å²) in [7, 11) is -3.12. The van der Waals surface area contributed by atoms with Gasteiger partial charge in [-0.1, -0.05) is 12.1 Å². The fraction of sp³-hybridized carbons (Fsp3) is 0.462. The summed E-state index contributed by atoms with van der Waals surface area (Å²) >= 11 is 0. The molecule has 106 valence electrons. The molecule has 0 aliphatic carbocycles. The Labute approximate surface area is 113 Å².